The predicted octanol–water partition coefficient (Wildman–Crippen LogP) is 4.77. The van der Waals surface area contributed by atoms with E-state index < -0.39 is 29.3 Å². The minimum absolute atomic E-state index is 0.0288. The summed E-state index contributed by atoms with van der Waals surface area (Å²) in [5.41, 5.74) is 19.5. The molecule has 0 aliphatic carbocycles. The van der Waals surface area contributed by atoms with Gasteiger partial charge in [0.05, 0.1) is 0 Å². The molecule has 0 saturated heterocycles. The molecular weight excluding hydrogens is 458 g/mol. The van der Waals surface area contributed by atoms with E-state index in [1.807, 2.05) is 0 Å². The summed E-state index contributed by atoms with van der Waals surface area (Å²) in [6.45, 7) is 0.514. The van der Waals surface area contributed by atoms with Crippen molar-refractivity contribution in [2.75, 3.05) is 6.54 Å². The van der Waals surface area contributed by atoms with E-state index >= 15 is 0 Å². The fraction of sp³-hybridized carbons (Fsp3) is 0.409. The fourth-order valence-corrected chi connectivity index (χ4v) is 15.0. The summed E-state index contributed by atoms with van der Waals surface area (Å²) in [6.07, 6.45) is 0.830. The Morgan fingerprint density at radius 2 is 1.70 bits per heavy atom. The van der Waals surface area contributed by atoms with Crippen LogP contribution in [0.25, 0.3) is 11.1 Å². The van der Waals surface area contributed by atoms with Gasteiger partial charge in [-0.1, -0.05) is 0 Å². The summed E-state index contributed by atoms with van der Waals surface area (Å²) in [7, 11) is 0. The average molecular weight is 488 g/mol. The molecule has 144 valence electrons. The van der Waals surface area contributed by atoms with Crippen molar-refractivity contribution < 1.29 is 4.84 Å². The van der Waals surface area contributed by atoms with E-state index in [1.54, 1.807) is 0 Å². The molecule has 1 aliphatic rings. The summed E-state index contributed by atoms with van der Waals surface area (Å²) in [5.74, 6) is 0. The second-order valence-electron chi connectivity index (χ2n) is 7.48. The Morgan fingerprint density at radius 1 is 1.00 bits per heavy atom. The maximum absolute atomic E-state index is 5.68. The molecule has 2 N–H and O–H groups in total. The number of nitrogens with zero attached hydrogens (tertiary/aromatic N) is 1. The van der Waals surface area contributed by atoms with E-state index in [0.29, 0.717) is 6.54 Å². The van der Waals surface area contributed by atoms with E-state index in [-0.39, 0.29) is 6.10 Å². The van der Waals surface area contributed by atoms with E-state index in [2.05, 4.69) is 70.8 Å². The third-order valence-electron chi connectivity index (χ3n) is 4.91. The van der Waals surface area contributed by atoms with E-state index in [0.717, 1.165) is 17.7 Å². The van der Waals surface area contributed by atoms with Crippen molar-refractivity contribution in [3.05, 3.63) is 59.7 Å². The SMILES string of the molecule is C[As](C)CC[As](C)Cc1ccccc1-c1ccc(C2=NOC(CN)C2)cc1. The van der Waals surface area contributed by atoms with Crippen LogP contribution in [0.4, 0.5) is 0 Å². The molecule has 3 rings (SSSR count). The Labute approximate surface area is 172 Å². The zero-order chi connectivity index (χ0) is 19.2. The van der Waals surface area contributed by atoms with Crippen LogP contribution in [-0.2, 0) is 10.0 Å². The Hall–Kier alpha value is -1.01. The van der Waals surface area contributed by atoms with Crippen LogP contribution in [0.3, 0.4) is 0 Å². The van der Waals surface area contributed by atoms with Crippen LogP contribution in [0, 0.1) is 0 Å². The van der Waals surface area contributed by atoms with Crippen LogP contribution < -0.4 is 5.73 Å². The van der Waals surface area contributed by atoms with Gasteiger partial charge in [-0.2, -0.15) is 0 Å². The van der Waals surface area contributed by atoms with Crippen molar-refractivity contribution in [1.29, 1.82) is 0 Å². The van der Waals surface area contributed by atoms with Crippen LogP contribution in [0.2, 0.25) is 27.6 Å². The van der Waals surface area contributed by atoms with Crippen molar-refractivity contribution in [2.45, 2.75) is 45.3 Å². The molecule has 0 aromatic heterocycles. The molecule has 3 nitrogen and oxygen atoms in total. The van der Waals surface area contributed by atoms with Gasteiger partial charge in [-0.05, 0) is 0 Å². The molecule has 2 aromatic carbocycles. The van der Waals surface area contributed by atoms with Gasteiger partial charge in [-0.3, -0.25) is 0 Å². The first-order valence-electron chi connectivity index (χ1n) is 9.51. The maximum atomic E-state index is 5.68. The quantitative estimate of drug-likeness (QED) is 0.545. The molecule has 2 atom stereocenters. The van der Waals surface area contributed by atoms with Crippen molar-refractivity contribution >= 4 is 35.0 Å². The summed E-state index contributed by atoms with van der Waals surface area (Å²) in [5, 5.41) is 8.50. The monoisotopic (exact) mass is 488 g/mol. The van der Waals surface area contributed by atoms with Gasteiger partial charge in [0.25, 0.3) is 0 Å². The first-order valence-corrected chi connectivity index (χ1v) is 19.1. The normalized spacial score (nSPS) is 17.7. The number of nitrogens with two attached hydrogens (primary N) is 1. The first-order chi connectivity index (χ1) is 13.1. The van der Waals surface area contributed by atoms with Gasteiger partial charge < -0.3 is 0 Å². The third-order valence-corrected chi connectivity index (χ3v) is 12.8. The molecule has 0 saturated carbocycles. The van der Waals surface area contributed by atoms with Crippen molar-refractivity contribution in [1.82, 2.24) is 0 Å². The Bertz CT molecular complexity index is 774. The third kappa shape index (κ3) is 5.73. The Morgan fingerprint density at radius 3 is 2.37 bits per heavy atom. The summed E-state index contributed by atoms with van der Waals surface area (Å²) < 4.78 is 0. The van der Waals surface area contributed by atoms with Crippen LogP contribution in [0.5, 0.6) is 0 Å². The molecule has 0 bridgehead atoms. The molecule has 1 heterocycles. The fourth-order valence-electron chi connectivity index (χ4n) is 3.25. The van der Waals surface area contributed by atoms with Crippen LogP contribution in [0.1, 0.15) is 17.5 Å². The van der Waals surface area contributed by atoms with Gasteiger partial charge in [0.2, 0.25) is 0 Å². The molecular formula is C22H30As2N2O. The second-order valence-corrected chi connectivity index (χ2v) is 18.1. The number of hydrogen-bond acceptors (Lipinski definition) is 3. The van der Waals surface area contributed by atoms with Crippen molar-refractivity contribution in [3.63, 3.8) is 0 Å². The molecule has 0 fully saturated rings. The van der Waals surface area contributed by atoms with E-state index in [4.69, 9.17) is 10.6 Å². The molecule has 0 spiro atoms. The van der Waals surface area contributed by atoms with Crippen LogP contribution >= 0.6 is 0 Å². The van der Waals surface area contributed by atoms with Crippen molar-refractivity contribution in [2.24, 2.45) is 10.9 Å². The summed E-state index contributed by atoms with van der Waals surface area (Å²) >= 11 is -1.24. The Balaban J connectivity index is 1.73. The zero-order valence-corrected chi connectivity index (χ0v) is 20.3. The van der Waals surface area contributed by atoms with Gasteiger partial charge in [0.1, 0.15) is 0 Å². The van der Waals surface area contributed by atoms with Gasteiger partial charge in [-0.15, -0.1) is 0 Å². The molecule has 2 unspecified atom stereocenters. The number of rotatable bonds is 8. The van der Waals surface area contributed by atoms with Gasteiger partial charge >= 0.3 is 173 Å². The molecule has 0 radical (unpaired) electrons. The van der Waals surface area contributed by atoms with Gasteiger partial charge in [0.15, 0.2) is 0 Å². The molecule has 1 aliphatic heterocycles. The van der Waals surface area contributed by atoms with Crippen molar-refractivity contribution in [3.8, 4) is 11.1 Å². The molecule has 2 aromatic rings. The van der Waals surface area contributed by atoms with Gasteiger partial charge in [0, 0.05) is 0 Å². The number of oxime groups is 1. The standard InChI is InChI=1S/C22H30As2N2O/c1-23(2)12-13-24(3)15-19-6-4-5-7-21(19)17-8-10-18(11-9-17)22-14-20(16-25)27-26-22/h4-11,20H,12-16,25H2,1-3H3. The number of benzene rings is 2. The topological polar surface area (TPSA) is 47.6 Å². The summed E-state index contributed by atoms with van der Waals surface area (Å²) in [4.78, 5) is 5.36. The Kier molecular flexibility index (Phi) is 7.64. The average Bonchev–Trinajstić information content (AvgIpc) is 3.16. The minimum atomic E-state index is -0.758. The number of hydrogen-bond donors (Lipinski definition) is 1. The molecule has 5 heteroatoms. The summed E-state index contributed by atoms with van der Waals surface area (Å²) in [6, 6.07) is 17.7. The van der Waals surface area contributed by atoms with Crippen LogP contribution in [-0.4, -0.2) is 47.7 Å². The van der Waals surface area contributed by atoms with Crippen LogP contribution in [0.15, 0.2) is 53.7 Å². The first kappa shape index (κ1) is 20.7. The zero-order valence-electron chi connectivity index (χ0n) is 16.6. The molecule has 0 amide bonds. The predicted molar refractivity (Wildman–Crippen MR) is 119 cm³/mol. The van der Waals surface area contributed by atoms with Gasteiger partial charge in [-0.25, -0.2) is 0 Å². The molecule has 27 heavy (non-hydrogen) atoms. The van der Waals surface area contributed by atoms with E-state index in [1.165, 1.54) is 32.3 Å². The second kappa shape index (κ2) is 9.96. The van der Waals surface area contributed by atoms with E-state index in [9.17, 15) is 0 Å².